The van der Waals surface area contributed by atoms with Crippen molar-refractivity contribution >= 4 is 17.5 Å². The van der Waals surface area contributed by atoms with E-state index in [1.807, 2.05) is 29.9 Å². The van der Waals surface area contributed by atoms with E-state index in [-0.39, 0.29) is 11.9 Å². The highest BCUT2D eigenvalue weighted by Gasteiger charge is 2.18. The predicted octanol–water partition coefficient (Wildman–Crippen LogP) is 2.30. The summed E-state index contributed by atoms with van der Waals surface area (Å²) in [6.45, 7) is 1.49. The van der Waals surface area contributed by atoms with E-state index in [0.29, 0.717) is 5.02 Å². The van der Waals surface area contributed by atoms with Gasteiger partial charge in [-0.15, -0.1) is 0 Å². The van der Waals surface area contributed by atoms with Crippen LogP contribution in [0.3, 0.4) is 0 Å². The molecular formula is C13H14ClN3O. The number of rotatable bonds is 3. The van der Waals surface area contributed by atoms with Crippen molar-refractivity contribution in [2.24, 2.45) is 7.05 Å². The molecule has 0 aliphatic heterocycles. The van der Waals surface area contributed by atoms with Gasteiger partial charge >= 0.3 is 0 Å². The summed E-state index contributed by atoms with van der Waals surface area (Å²) in [5.74, 6) is 0.686. The lowest BCUT2D eigenvalue weighted by Crippen LogP contribution is -2.28. The number of carbonyl (C=O) groups is 1. The van der Waals surface area contributed by atoms with Crippen LogP contribution in [0.15, 0.2) is 36.7 Å². The number of nitrogens with one attached hydrogen (secondary N) is 1. The normalized spacial score (nSPS) is 12.2. The van der Waals surface area contributed by atoms with Gasteiger partial charge in [-0.3, -0.25) is 4.79 Å². The minimum atomic E-state index is -0.264. The van der Waals surface area contributed by atoms with Gasteiger partial charge in [-0.25, -0.2) is 4.98 Å². The molecule has 1 aromatic carbocycles. The predicted molar refractivity (Wildman–Crippen MR) is 70.3 cm³/mol. The summed E-state index contributed by atoms with van der Waals surface area (Å²) in [6, 6.07) is 7.11. The zero-order valence-corrected chi connectivity index (χ0v) is 11.0. The summed E-state index contributed by atoms with van der Waals surface area (Å²) in [5, 5.41) is 3.56. The Balaban J connectivity index is 2.39. The van der Waals surface area contributed by atoms with E-state index in [4.69, 9.17) is 11.6 Å². The van der Waals surface area contributed by atoms with Crippen LogP contribution in [0.4, 0.5) is 0 Å². The summed E-state index contributed by atoms with van der Waals surface area (Å²) < 4.78 is 1.88. The van der Waals surface area contributed by atoms with Gasteiger partial charge in [0.2, 0.25) is 5.91 Å². The Morgan fingerprint density at radius 1 is 1.39 bits per heavy atom. The molecule has 0 bridgehead atoms. The zero-order chi connectivity index (χ0) is 13.1. The largest absolute Gasteiger partial charge is 0.342 e. The topological polar surface area (TPSA) is 46.9 Å². The molecule has 1 atom stereocenters. The number of imidazole rings is 1. The van der Waals surface area contributed by atoms with Gasteiger partial charge in [0, 0.05) is 31.4 Å². The number of hydrogen-bond donors (Lipinski definition) is 1. The summed E-state index contributed by atoms with van der Waals surface area (Å²) in [6.07, 6.45) is 3.56. The Bertz CT molecular complexity index is 548. The van der Waals surface area contributed by atoms with Crippen LogP contribution in [0, 0.1) is 0 Å². The quantitative estimate of drug-likeness (QED) is 0.924. The maximum Gasteiger partial charge on any atom is 0.217 e. The van der Waals surface area contributed by atoms with Crippen molar-refractivity contribution in [3.8, 4) is 0 Å². The number of aryl methyl sites for hydroxylation is 1. The first-order chi connectivity index (χ1) is 8.58. The molecule has 1 unspecified atom stereocenters. The van der Waals surface area contributed by atoms with Crippen molar-refractivity contribution in [2.75, 3.05) is 0 Å². The first kappa shape index (κ1) is 12.6. The number of hydrogen-bond acceptors (Lipinski definition) is 2. The third-order valence-corrected chi connectivity index (χ3v) is 2.92. The number of amides is 1. The van der Waals surface area contributed by atoms with Gasteiger partial charge < -0.3 is 9.88 Å². The van der Waals surface area contributed by atoms with Gasteiger partial charge in [-0.05, 0) is 17.7 Å². The Hall–Kier alpha value is -1.81. The molecule has 94 valence electrons. The fourth-order valence-electron chi connectivity index (χ4n) is 1.81. The maximum atomic E-state index is 11.3. The molecule has 4 nitrogen and oxygen atoms in total. The molecule has 1 N–H and O–H groups in total. The van der Waals surface area contributed by atoms with Crippen molar-refractivity contribution in [2.45, 2.75) is 13.0 Å². The van der Waals surface area contributed by atoms with Crippen LogP contribution in [-0.2, 0) is 11.8 Å². The van der Waals surface area contributed by atoms with Crippen molar-refractivity contribution in [1.29, 1.82) is 0 Å². The lowest BCUT2D eigenvalue weighted by Gasteiger charge is -2.18. The Morgan fingerprint density at radius 3 is 2.56 bits per heavy atom. The highest BCUT2D eigenvalue weighted by molar-refractivity contribution is 6.30. The number of benzene rings is 1. The van der Waals surface area contributed by atoms with Crippen LogP contribution in [-0.4, -0.2) is 15.5 Å². The molecule has 1 amide bonds. The Labute approximate surface area is 111 Å². The highest BCUT2D eigenvalue weighted by Crippen LogP contribution is 2.22. The molecule has 1 heterocycles. The summed E-state index contributed by atoms with van der Waals surface area (Å²) in [4.78, 5) is 15.6. The molecule has 0 radical (unpaired) electrons. The molecule has 0 spiro atoms. The molecule has 5 heteroatoms. The van der Waals surface area contributed by atoms with Crippen LogP contribution in [0.2, 0.25) is 5.02 Å². The molecular weight excluding hydrogens is 250 g/mol. The van der Waals surface area contributed by atoms with Crippen molar-refractivity contribution in [1.82, 2.24) is 14.9 Å². The van der Waals surface area contributed by atoms with E-state index in [0.717, 1.165) is 11.4 Å². The second-order valence-corrected chi connectivity index (χ2v) is 4.52. The minimum absolute atomic E-state index is 0.0991. The molecule has 0 saturated heterocycles. The lowest BCUT2D eigenvalue weighted by molar-refractivity contribution is -0.119. The Kier molecular flexibility index (Phi) is 3.67. The van der Waals surface area contributed by atoms with Crippen LogP contribution in [0.25, 0.3) is 0 Å². The fourth-order valence-corrected chi connectivity index (χ4v) is 1.94. The van der Waals surface area contributed by atoms with E-state index >= 15 is 0 Å². The molecule has 0 fully saturated rings. The molecule has 2 aromatic rings. The SMILES string of the molecule is CC(=O)NC(c1ccc(Cl)cc1)c1nccn1C. The monoisotopic (exact) mass is 263 g/mol. The molecule has 0 aliphatic rings. The number of carbonyl (C=O) groups excluding carboxylic acids is 1. The van der Waals surface area contributed by atoms with Gasteiger partial charge in [0.1, 0.15) is 11.9 Å². The van der Waals surface area contributed by atoms with Gasteiger partial charge in [-0.1, -0.05) is 23.7 Å². The van der Waals surface area contributed by atoms with Crippen molar-refractivity contribution < 1.29 is 4.79 Å². The highest BCUT2D eigenvalue weighted by atomic mass is 35.5. The second kappa shape index (κ2) is 5.23. The molecule has 2 rings (SSSR count). The number of aromatic nitrogens is 2. The molecule has 0 aliphatic carbocycles. The minimum Gasteiger partial charge on any atom is -0.342 e. The standard InChI is InChI=1S/C13H14ClN3O/c1-9(18)16-12(13-15-7-8-17(13)2)10-3-5-11(14)6-4-10/h3-8,12H,1-2H3,(H,16,18). The molecule has 1 aromatic heterocycles. The van der Waals surface area contributed by atoms with Crippen LogP contribution < -0.4 is 5.32 Å². The Morgan fingerprint density at radius 2 is 2.06 bits per heavy atom. The van der Waals surface area contributed by atoms with Crippen LogP contribution >= 0.6 is 11.6 Å². The van der Waals surface area contributed by atoms with E-state index in [2.05, 4.69) is 10.3 Å². The number of nitrogens with zero attached hydrogens (tertiary/aromatic N) is 2. The van der Waals surface area contributed by atoms with Gasteiger partial charge in [0.15, 0.2) is 0 Å². The van der Waals surface area contributed by atoms with Crippen LogP contribution in [0.5, 0.6) is 0 Å². The second-order valence-electron chi connectivity index (χ2n) is 4.08. The molecule has 0 saturated carbocycles. The summed E-state index contributed by atoms with van der Waals surface area (Å²) in [5.41, 5.74) is 0.948. The fraction of sp³-hybridized carbons (Fsp3) is 0.231. The molecule has 18 heavy (non-hydrogen) atoms. The van der Waals surface area contributed by atoms with E-state index in [1.54, 1.807) is 18.3 Å². The maximum absolute atomic E-state index is 11.3. The third-order valence-electron chi connectivity index (χ3n) is 2.67. The van der Waals surface area contributed by atoms with Gasteiger partial charge in [-0.2, -0.15) is 0 Å². The number of halogens is 1. The van der Waals surface area contributed by atoms with Gasteiger partial charge in [0.05, 0.1) is 0 Å². The third kappa shape index (κ3) is 2.71. The van der Waals surface area contributed by atoms with Crippen molar-refractivity contribution in [3.05, 3.63) is 53.1 Å². The summed E-state index contributed by atoms with van der Waals surface area (Å²) in [7, 11) is 1.90. The first-order valence-electron chi connectivity index (χ1n) is 5.57. The van der Waals surface area contributed by atoms with Crippen LogP contribution in [0.1, 0.15) is 24.4 Å². The van der Waals surface area contributed by atoms with E-state index in [9.17, 15) is 4.79 Å². The smallest absolute Gasteiger partial charge is 0.217 e. The average Bonchev–Trinajstić information content (AvgIpc) is 2.73. The first-order valence-corrected chi connectivity index (χ1v) is 5.95. The van der Waals surface area contributed by atoms with E-state index in [1.165, 1.54) is 6.92 Å². The van der Waals surface area contributed by atoms with Crippen molar-refractivity contribution in [3.63, 3.8) is 0 Å². The van der Waals surface area contributed by atoms with Gasteiger partial charge in [0.25, 0.3) is 0 Å². The lowest BCUT2D eigenvalue weighted by atomic mass is 10.1. The summed E-state index contributed by atoms with van der Waals surface area (Å²) >= 11 is 5.87. The average molecular weight is 264 g/mol. The zero-order valence-electron chi connectivity index (χ0n) is 10.2. The van der Waals surface area contributed by atoms with E-state index < -0.39 is 0 Å².